The van der Waals surface area contributed by atoms with Crippen molar-refractivity contribution < 1.29 is 0 Å². The SMILES string of the molecule is C[Si](C)(Cc1ccccc1)C(Br)Br. The first kappa shape index (κ1) is 11.5. The highest BCUT2D eigenvalue weighted by atomic mass is 79.9. The average molecular weight is 322 g/mol. The fourth-order valence-electron chi connectivity index (χ4n) is 1.20. The zero-order valence-corrected chi connectivity index (χ0v) is 12.1. The van der Waals surface area contributed by atoms with Gasteiger partial charge >= 0.3 is 0 Å². The van der Waals surface area contributed by atoms with Crippen LogP contribution >= 0.6 is 31.9 Å². The van der Waals surface area contributed by atoms with Crippen molar-refractivity contribution in [3.8, 4) is 0 Å². The maximum absolute atomic E-state index is 3.63. The van der Waals surface area contributed by atoms with Crippen LogP contribution in [0.15, 0.2) is 30.3 Å². The number of hydrogen-bond donors (Lipinski definition) is 0. The van der Waals surface area contributed by atoms with E-state index in [0.29, 0.717) is 3.36 Å². The third-order valence-electron chi connectivity index (χ3n) is 2.09. The Labute approximate surface area is 98.0 Å². The standard InChI is InChI=1S/C10H14Br2Si/c1-13(2,10(11)12)8-9-6-4-3-5-7-9/h3-7,10H,8H2,1-2H3. The lowest BCUT2D eigenvalue weighted by molar-refractivity contribution is 1.30. The third-order valence-corrected chi connectivity index (χ3v) is 12.0. The quantitative estimate of drug-likeness (QED) is 0.580. The van der Waals surface area contributed by atoms with E-state index in [4.69, 9.17) is 0 Å². The predicted molar refractivity (Wildman–Crippen MR) is 69.3 cm³/mol. The van der Waals surface area contributed by atoms with E-state index in [2.05, 4.69) is 75.3 Å². The number of alkyl halides is 2. The maximum atomic E-state index is 3.63. The Balaban J connectivity index is 2.69. The first-order valence-electron chi connectivity index (χ1n) is 4.34. The van der Waals surface area contributed by atoms with Gasteiger partial charge in [-0.15, -0.1) is 0 Å². The molecule has 0 saturated carbocycles. The number of hydrogen-bond acceptors (Lipinski definition) is 0. The molecule has 13 heavy (non-hydrogen) atoms. The summed E-state index contributed by atoms with van der Waals surface area (Å²) in [5.41, 5.74) is 1.45. The summed E-state index contributed by atoms with van der Waals surface area (Å²) in [6.07, 6.45) is 0. The molecule has 3 heteroatoms. The van der Waals surface area contributed by atoms with Crippen molar-refractivity contribution in [1.29, 1.82) is 0 Å². The minimum Gasteiger partial charge on any atom is -0.0802 e. The Morgan fingerprint density at radius 3 is 2.15 bits per heavy atom. The van der Waals surface area contributed by atoms with Crippen molar-refractivity contribution in [2.24, 2.45) is 0 Å². The molecule has 1 aromatic carbocycles. The van der Waals surface area contributed by atoms with Crippen LogP contribution in [0.5, 0.6) is 0 Å². The van der Waals surface area contributed by atoms with Crippen LogP contribution in [-0.4, -0.2) is 11.4 Å². The van der Waals surface area contributed by atoms with Crippen molar-refractivity contribution in [3.05, 3.63) is 35.9 Å². The van der Waals surface area contributed by atoms with E-state index in [1.807, 2.05) is 0 Å². The normalized spacial score (nSPS) is 12.1. The van der Waals surface area contributed by atoms with E-state index in [1.165, 1.54) is 11.6 Å². The van der Waals surface area contributed by atoms with Gasteiger partial charge in [-0.05, 0) is 6.04 Å². The van der Waals surface area contributed by atoms with E-state index in [0.717, 1.165) is 0 Å². The Hall–Kier alpha value is 0.397. The van der Waals surface area contributed by atoms with Gasteiger partial charge in [0, 0.05) is 0 Å². The van der Waals surface area contributed by atoms with Gasteiger partial charge in [-0.1, -0.05) is 80.8 Å². The number of benzene rings is 1. The molecule has 0 aliphatic carbocycles. The smallest absolute Gasteiger partial charge is 0.0802 e. The van der Waals surface area contributed by atoms with Gasteiger partial charge in [-0.3, -0.25) is 0 Å². The molecule has 0 N–H and O–H groups in total. The third kappa shape index (κ3) is 3.56. The largest absolute Gasteiger partial charge is 0.0803 e. The molecule has 0 amide bonds. The molecule has 0 fully saturated rings. The van der Waals surface area contributed by atoms with Crippen LogP contribution in [0.25, 0.3) is 0 Å². The van der Waals surface area contributed by atoms with Gasteiger partial charge in [-0.2, -0.15) is 0 Å². The highest BCUT2D eigenvalue weighted by Gasteiger charge is 2.27. The first-order chi connectivity index (χ1) is 6.02. The summed E-state index contributed by atoms with van der Waals surface area (Å²) in [5.74, 6) is 0. The molecule has 0 unspecified atom stereocenters. The minimum absolute atomic E-state index is 0.493. The Kier molecular flexibility index (Phi) is 4.20. The Morgan fingerprint density at radius 2 is 1.69 bits per heavy atom. The van der Waals surface area contributed by atoms with Gasteiger partial charge in [0.05, 0.1) is 11.4 Å². The van der Waals surface area contributed by atoms with Gasteiger partial charge in [-0.25, -0.2) is 0 Å². The summed E-state index contributed by atoms with van der Waals surface area (Å²) in [6.45, 7) is 4.77. The Bertz CT molecular complexity index is 257. The van der Waals surface area contributed by atoms with Gasteiger partial charge < -0.3 is 0 Å². The molecule has 0 bridgehead atoms. The van der Waals surface area contributed by atoms with E-state index in [1.54, 1.807) is 0 Å². The van der Waals surface area contributed by atoms with Crippen molar-refractivity contribution in [2.45, 2.75) is 22.5 Å². The summed E-state index contributed by atoms with van der Waals surface area (Å²) >= 11 is 7.26. The minimum atomic E-state index is -1.19. The number of halogens is 2. The predicted octanol–water partition coefficient (Wildman–Crippen LogP) is 4.13. The maximum Gasteiger partial charge on any atom is 0.0803 e. The van der Waals surface area contributed by atoms with Crippen molar-refractivity contribution >= 4 is 39.9 Å². The second kappa shape index (κ2) is 4.76. The van der Waals surface area contributed by atoms with E-state index >= 15 is 0 Å². The molecule has 0 nitrogen and oxygen atoms in total. The molecule has 0 spiro atoms. The summed E-state index contributed by atoms with van der Waals surface area (Å²) in [7, 11) is -1.19. The first-order valence-corrected chi connectivity index (χ1v) is 9.46. The van der Waals surface area contributed by atoms with Crippen LogP contribution in [0.1, 0.15) is 5.56 Å². The lowest BCUT2D eigenvalue weighted by Crippen LogP contribution is -2.36. The summed E-state index contributed by atoms with van der Waals surface area (Å²) in [4.78, 5) is 0. The molecule has 0 atom stereocenters. The van der Waals surface area contributed by atoms with Crippen LogP contribution in [0.4, 0.5) is 0 Å². The molecule has 1 rings (SSSR count). The second-order valence-electron chi connectivity index (χ2n) is 3.95. The molecule has 0 saturated heterocycles. The molecule has 1 aromatic rings. The molecule has 0 aromatic heterocycles. The molecular weight excluding hydrogens is 308 g/mol. The van der Waals surface area contributed by atoms with Gasteiger partial charge in [0.25, 0.3) is 0 Å². The van der Waals surface area contributed by atoms with Crippen LogP contribution in [0.3, 0.4) is 0 Å². The summed E-state index contributed by atoms with van der Waals surface area (Å²) < 4.78 is 0.493. The van der Waals surface area contributed by atoms with Crippen LogP contribution in [-0.2, 0) is 6.04 Å². The van der Waals surface area contributed by atoms with E-state index in [9.17, 15) is 0 Å². The van der Waals surface area contributed by atoms with Crippen molar-refractivity contribution in [3.63, 3.8) is 0 Å². The van der Waals surface area contributed by atoms with E-state index in [-0.39, 0.29) is 0 Å². The average Bonchev–Trinajstić information content (AvgIpc) is 2.05. The highest BCUT2D eigenvalue weighted by Crippen LogP contribution is 2.25. The molecule has 0 aliphatic rings. The van der Waals surface area contributed by atoms with Crippen LogP contribution < -0.4 is 0 Å². The highest BCUT2D eigenvalue weighted by molar-refractivity contribution is 9.25. The monoisotopic (exact) mass is 320 g/mol. The summed E-state index contributed by atoms with van der Waals surface area (Å²) in [5, 5.41) is 0. The fourth-order valence-corrected chi connectivity index (χ4v) is 3.61. The zero-order valence-electron chi connectivity index (χ0n) is 7.93. The lowest BCUT2D eigenvalue weighted by Gasteiger charge is -2.24. The number of rotatable bonds is 3. The second-order valence-corrected chi connectivity index (χ2v) is 13.6. The van der Waals surface area contributed by atoms with Crippen molar-refractivity contribution in [2.75, 3.05) is 0 Å². The molecule has 0 heterocycles. The Morgan fingerprint density at radius 1 is 1.15 bits per heavy atom. The molecule has 72 valence electrons. The van der Waals surface area contributed by atoms with Crippen LogP contribution in [0, 0.1) is 0 Å². The lowest BCUT2D eigenvalue weighted by atomic mass is 10.2. The molecule has 0 aliphatic heterocycles. The topological polar surface area (TPSA) is 0 Å². The molecule has 0 radical (unpaired) electrons. The van der Waals surface area contributed by atoms with Crippen LogP contribution in [0.2, 0.25) is 13.1 Å². The van der Waals surface area contributed by atoms with Gasteiger partial charge in [0.1, 0.15) is 0 Å². The van der Waals surface area contributed by atoms with E-state index < -0.39 is 8.07 Å². The fraction of sp³-hybridized carbons (Fsp3) is 0.400. The van der Waals surface area contributed by atoms with Gasteiger partial charge in [0.15, 0.2) is 0 Å². The van der Waals surface area contributed by atoms with Gasteiger partial charge in [0.2, 0.25) is 0 Å². The molecular formula is C10H14Br2Si. The summed E-state index contributed by atoms with van der Waals surface area (Å²) in [6, 6.07) is 11.9. The zero-order chi connectivity index (χ0) is 9.90. The van der Waals surface area contributed by atoms with Crippen molar-refractivity contribution in [1.82, 2.24) is 0 Å².